The van der Waals surface area contributed by atoms with E-state index in [4.69, 9.17) is 4.74 Å². The summed E-state index contributed by atoms with van der Waals surface area (Å²) in [5.41, 5.74) is 2.19. The highest BCUT2D eigenvalue weighted by atomic mass is 16.5. The molecular formula is C18H21NO2. The number of ether oxygens (including phenoxy) is 1. The van der Waals surface area contributed by atoms with Gasteiger partial charge in [0, 0.05) is 0 Å². The molecule has 1 amide bonds. The van der Waals surface area contributed by atoms with Crippen LogP contribution in [0, 0.1) is 6.92 Å². The zero-order chi connectivity index (χ0) is 15.2. The zero-order valence-electron chi connectivity index (χ0n) is 12.7. The zero-order valence-corrected chi connectivity index (χ0v) is 12.7. The van der Waals surface area contributed by atoms with Crippen molar-refractivity contribution in [2.75, 3.05) is 0 Å². The van der Waals surface area contributed by atoms with Gasteiger partial charge >= 0.3 is 0 Å². The van der Waals surface area contributed by atoms with Crippen LogP contribution in [-0.4, -0.2) is 12.0 Å². The minimum absolute atomic E-state index is 0.0396. The Labute approximate surface area is 126 Å². The van der Waals surface area contributed by atoms with Crippen molar-refractivity contribution >= 4 is 5.91 Å². The van der Waals surface area contributed by atoms with Crippen LogP contribution in [0.5, 0.6) is 5.75 Å². The quantitative estimate of drug-likeness (QED) is 0.909. The van der Waals surface area contributed by atoms with E-state index >= 15 is 0 Å². The van der Waals surface area contributed by atoms with Gasteiger partial charge in [0.25, 0.3) is 5.91 Å². The Kier molecular flexibility index (Phi) is 4.99. The minimum atomic E-state index is -0.530. The first kappa shape index (κ1) is 15.1. The van der Waals surface area contributed by atoms with Crippen LogP contribution in [0.15, 0.2) is 54.6 Å². The molecule has 21 heavy (non-hydrogen) atoms. The summed E-state index contributed by atoms with van der Waals surface area (Å²) in [6, 6.07) is 17.5. The van der Waals surface area contributed by atoms with Gasteiger partial charge in [0.2, 0.25) is 0 Å². The van der Waals surface area contributed by atoms with Crippen molar-refractivity contribution in [2.24, 2.45) is 0 Å². The molecule has 0 bridgehead atoms. The van der Waals surface area contributed by atoms with Gasteiger partial charge in [0.05, 0.1) is 6.04 Å². The van der Waals surface area contributed by atoms with Crippen LogP contribution < -0.4 is 10.1 Å². The maximum absolute atomic E-state index is 12.2. The van der Waals surface area contributed by atoms with Gasteiger partial charge in [-0.3, -0.25) is 4.79 Å². The summed E-state index contributed by atoms with van der Waals surface area (Å²) in [5.74, 6) is 0.595. The van der Waals surface area contributed by atoms with Crippen molar-refractivity contribution in [2.45, 2.75) is 32.9 Å². The van der Waals surface area contributed by atoms with Gasteiger partial charge in [-0.05, 0) is 44.0 Å². The molecule has 110 valence electrons. The molecule has 1 N–H and O–H groups in total. The van der Waals surface area contributed by atoms with E-state index in [1.807, 2.05) is 68.4 Å². The van der Waals surface area contributed by atoms with Gasteiger partial charge < -0.3 is 10.1 Å². The Balaban J connectivity index is 1.94. The van der Waals surface area contributed by atoms with Gasteiger partial charge in [-0.25, -0.2) is 0 Å². The van der Waals surface area contributed by atoms with Gasteiger partial charge in [-0.15, -0.1) is 0 Å². The van der Waals surface area contributed by atoms with E-state index in [-0.39, 0.29) is 11.9 Å². The molecule has 2 atom stereocenters. The molecular weight excluding hydrogens is 262 g/mol. The third-order valence-electron chi connectivity index (χ3n) is 3.33. The average Bonchev–Trinajstić information content (AvgIpc) is 2.48. The van der Waals surface area contributed by atoms with Crippen molar-refractivity contribution in [3.63, 3.8) is 0 Å². The summed E-state index contributed by atoms with van der Waals surface area (Å²) in [7, 11) is 0. The maximum atomic E-state index is 12.2. The lowest BCUT2D eigenvalue weighted by Gasteiger charge is -2.19. The van der Waals surface area contributed by atoms with E-state index in [0.717, 1.165) is 11.1 Å². The van der Waals surface area contributed by atoms with Gasteiger partial charge in [-0.1, -0.05) is 42.5 Å². The molecule has 2 aromatic carbocycles. The number of hydrogen-bond donors (Lipinski definition) is 1. The lowest BCUT2D eigenvalue weighted by molar-refractivity contribution is -0.127. The topological polar surface area (TPSA) is 38.3 Å². The highest BCUT2D eigenvalue weighted by molar-refractivity contribution is 5.81. The summed E-state index contributed by atoms with van der Waals surface area (Å²) in [5, 5.41) is 2.97. The van der Waals surface area contributed by atoms with Gasteiger partial charge in [0.15, 0.2) is 6.10 Å². The molecule has 2 aromatic rings. The summed E-state index contributed by atoms with van der Waals surface area (Å²) < 4.78 is 5.68. The average molecular weight is 283 g/mol. The standard InChI is InChI=1S/C18H21NO2/c1-13-8-7-11-17(12-13)21-15(3)18(20)19-14(2)16-9-5-4-6-10-16/h4-12,14-15H,1-3H3,(H,19,20)/t14-,15+/m1/s1. The summed E-state index contributed by atoms with van der Waals surface area (Å²) in [4.78, 5) is 12.2. The Morgan fingerprint density at radius 3 is 2.43 bits per heavy atom. The number of aryl methyl sites for hydroxylation is 1. The van der Waals surface area contributed by atoms with Gasteiger partial charge in [-0.2, -0.15) is 0 Å². The number of rotatable bonds is 5. The molecule has 0 unspecified atom stereocenters. The van der Waals surface area contributed by atoms with E-state index in [9.17, 15) is 4.79 Å². The lowest BCUT2D eigenvalue weighted by atomic mass is 10.1. The lowest BCUT2D eigenvalue weighted by Crippen LogP contribution is -2.37. The fraction of sp³-hybridized carbons (Fsp3) is 0.278. The fourth-order valence-electron chi connectivity index (χ4n) is 2.10. The number of benzene rings is 2. The molecule has 3 heteroatoms. The third-order valence-corrected chi connectivity index (χ3v) is 3.33. The first-order valence-corrected chi connectivity index (χ1v) is 7.15. The van der Waals surface area contributed by atoms with Crippen LogP contribution in [0.3, 0.4) is 0 Å². The predicted octanol–water partition coefficient (Wildman–Crippen LogP) is 3.64. The largest absolute Gasteiger partial charge is 0.481 e. The molecule has 0 spiro atoms. The first-order chi connectivity index (χ1) is 10.1. The van der Waals surface area contributed by atoms with Crippen molar-refractivity contribution in [1.29, 1.82) is 0 Å². The predicted molar refractivity (Wildman–Crippen MR) is 84.3 cm³/mol. The second-order valence-electron chi connectivity index (χ2n) is 5.22. The normalized spacial score (nSPS) is 13.3. The van der Waals surface area contributed by atoms with Crippen molar-refractivity contribution in [3.05, 3.63) is 65.7 Å². The van der Waals surface area contributed by atoms with Crippen LogP contribution in [0.2, 0.25) is 0 Å². The molecule has 3 nitrogen and oxygen atoms in total. The van der Waals surface area contributed by atoms with Crippen molar-refractivity contribution in [3.8, 4) is 5.75 Å². The molecule has 0 aliphatic heterocycles. The molecule has 0 heterocycles. The summed E-state index contributed by atoms with van der Waals surface area (Å²) in [6.45, 7) is 5.72. The molecule has 0 radical (unpaired) electrons. The highest BCUT2D eigenvalue weighted by Gasteiger charge is 2.17. The van der Waals surface area contributed by atoms with Crippen molar-refractivity contribution < 1.29 is 9.53 Å². The second-order valence-corrected chi connectivity index (χ2v) is 5.22. The van der Waals surface area contributed by atoms with Crippen LogP contribution in [-0.2, 0) is 4.79 Å². The second kappa shape index (κ2) is 6.93. The number of hydrogen-bond acceptors (Lipinski definition) is 2. The molecule has 0 saturated carbocycles. The molecule has 0 fully saturated rings. The van der Waals surface area contributed by atoms with E-state index in [0.29, 0.717) is 5.75 Å². The number of carbonyl (C=O) groups excluding carboxylic acids is 1. The van der Waals surface area contributed by atoms with Crippen LogP contribution in [0.1, 0.15) is 31.0 Å². The van der Waals surface area contributed by atoms with Gasteiger partial charge in [0.1, 0.15) is 5.75 Å². The van der Waals surface area contributed by atoms with Crippen LogP contribution in [0.4, 0.5) is 0 Å². The maximum Gasteiger partial charge on any atom is 0.261 e. The Bertz CT molecular complexity index is 595. The number of nitrogens with one attached hydrogen (secondary N) is 1. The molecule has 0 aromatic heterocycles. The monoisotopic (exact) mass is 283 g/mol. The van der Waals surface area contributed by atoms with E-state index in [1.54, 1.807) is 6.92 Å². The summed E-state index contributed by atoms with van der Waals surface area (Å²) >= 11 is 0. The molecule has 0 aliphatic carbocycles. The van der Waals surface area contributed by atoms with Crippen molar-refractivity contribution in [1.82, 2.24) is 5.32 Å². The van der Waals surface area contributed by atoms with Crippen LogP contribution in [0.25, 0.3) is 0 Å². The first-order valence-electron chi connectivity index (χ1n) is 7.15. The Hall–Kier alpha value is -2.29. The van der Waals surface area contributed by atoms with E-state index in [1.165, 1.54) is 0 Å². The third kappa shape index (κ3) is 4.35. The molecule has 0 aliphatic rings. The number of carbonyl (C=O) groups is 1. The smallest absolute Gasteiger partial charge is 0.261 e. The SMILES string of the molecule is Cc1cccc(O[C@@H](C)C(=O)N[C@H](C)c2ccccc2)c1. The Morgan fingerprint density at radius 2 is 1.76 bits per heavy atom. The summed E-state index contributed by atoms with van der Waals surface area (Å²) in [6.07, 6.45) is -0.530. The minimum Gasteiger partial charge on any atom is -0.481 e. The fourth-order valence-corrected chi connectivity index (χ4v) is 2.10. The Morgan fingerprint density at radius 1 is 1.05 bits per heavy atom. The van der Waals surface area contributed by atoms with E-state index < -0.39 is 6.10 Å². The highest BCUT2D eigenvalue weighted by Crippen LogP contribution is 2.15. The number of amides is 1. The molecule has 2 rings (SSSR count). The van der Waals surface area contributed by atoms with E-state index in [2.05, 4.69) is 5.32 Å². The molecule has 0 saturated heterocycles. The van der Waals surface area contributed by atoms with Crippen LogP contribution >= 0.6 is 0 Å².